The molecule has 3 aromatic rings. The number of nitrogens with one attached hydrogen (secondary N) is 1. The van der Waals surface area contributed by atoms with Crippen LogP contribution in [0, 0.1) is 5.92 Å². The second kappa shape index (κ2) is 11.2. The Hall–Kier alpha value is -2.89. The SMILES string of the molecule is CCN(c1cccc2ccccc12)C1CCCC(c2ccc(C(=O)NOCC3CCOC3)cc2)C1. The van der Waals surface area contributed by atoms with Crippen LogP contribution in [0.4, 0.5) is 5.69 Å². The lowest BCUT2D eigenvalue weighted by molar-refractivity contribution is 0.0145. The van der Waals surface area contributed by atoms with Crippen molar-refractivity contribution in [2.45, 2.75) is 51.0 Å². The van der Waals surface area contributed by atoms with Crippen LogP contribution in [0.15, 0.2) is 66.7 Å². The average molecular weight is 473 g/mol. The molecule has 1 aliphatic carbocycles. The molecular formula is C30H36N2O3. The number of hydrogen-bond acceptors (Lipinski definition) is 4. The molecule has 1 saturated heterocycles. The third-order valence-electron chi connectivity index (χ3n) is 7.66. The van der Waals surface area contributed by atoms with E-state index in [0.29, 0.717) is 36.7 Å². The van der Waals surface area contributed by atoms with Gasteiger partial charge in [0.1, 0.15) is 0 Å². The molecule has 0 bridgehead atoms. The molecule has 5 rings (SSSR count). The topological polar surface area (TPSA) is 50.8 Å². The summed E-state index contributed by atoms with van der Waals surface area (Å²) in [6.45, 7) is 5.25. The van der Waals surface area contributed by atoms with Gasteiger partial charge in [-0.1, -0.05) is 55.0 Å². The van der Waals surface area contributed by atoms with Crippen molar-refractivity contribution in [2.24, 2.45) is 5.92 Å². The maximum absolute atomic E-state index is 12.5. The van der Waals surface area contributed by atoms with Crippen molar-refractivity contribution in [3.63, 3.8) is 0 Å². The molecule has 0 radical (unpaired) electrons. The first-order valence-electron chi connectivity index (χ1n) is 13.1. The highest BCUT2D eigenvalue weighted by Crippen LogP contribution is 2.38. The summed E-state index contributed by atoms with van der Waals surface area (Å²) in [5.41, 5.74) is 5.88. The maximum Gasteiger partial charge on any atom is 0.274 e. The summed E-state index contributed by atoms with van der Waals surface area (Å²) >= 11 is 0. The van der Waals surface area contributed by atoms with Gasteiger partial charge in [-0.2, -0.15) is 0 Å². The zero-order valence-electron chi connectivity index (χ0n) is 20.6. The molecule has 1 aliphatic heterocycles. The monoisotopic (exact) mass is 472 g/mol. The highest BCUT2D eigenvalue weighted by Gasteiger charge is 2.28. The third kappa shape index (κ3) is 5.52. The summed E-state index contributed by atoms with van der Waals surface area (Å²) in [6, 6.07) is 23.9. The van der Waals surface area contributed by atoms with Gasteiger partial charge in [-0.05, 0) is 67.7 Å². The fourth-order valence-electron chi connectivity index (χ4n) is 5.74. The Morgan fingerprint density at radius 2 is 1.86 bits per heavy atom. The molecule has 1 amide bonds. The van der Waals surface area contributed by atoms with E-state index in [1.807, 2.05) is 12.1 Å². The Morgan fingerprint density at radius 1 is 1.03 bits per heavy atom. The molecule has 0 spiro atoms. The zero-order chi connectivity index (χ0) is 24.0. The van der Waals surface area contributed by atoms with Crippen LogP contribution in [0.3, 0.4) is 0 Å². The van der Waals surface area contributed by atoms with E-state index in [1.165, 1.54) is 41.3 Å². The predicted octanol–water partition coefficient (Wildman–Crippen LogP) is 6.09. The normalized spacial score (nSPS) is 22.3. The van der Waals surface area contributed by atoms with Crippen molar-refractivity contribution in [1.29, 1.82) is 0 Å². The second-order valence-corrected chi connectivity index (χ2v) is 9.90. The summed E-state index contributed by atoms with van der Waals surface area (Å²) in [6.07, 6.45) is 5.76. The van der Waals surface area contributed by atoms with Crippen molar-refractivity contribution < 1.29 is 14.4 Å². The largest absolute Gasteiger partial charge is 0.381 e. The van der Waals surface area contributed by atoms with Gasteiger partial charge >= 0.3 is 0 Å². The van der Waals surface area contributed by atoms with Gasteiger partial charge in [-0.15, -0.1) is 0 Å². The van der Waals surface area contributed by atoms with E-state index in [2.05, 4.69) is 71.9 Å². The summed E-state index contributed by atoms with van der Waals surface area (Å²) in [4.78, 5) is 20.5. The lowest BCUT2D eigenvalue weighted by atomic mass is 9.80. The lowest BCUT2D eigenvalue weighted by Crippen LogP contribution is -2.38. The Kier molecular flexibility index (Phi) is 7.65. The van der Waals surface area contributed by atoms with E-state index in [4.69, 9.17) is 9.57 Å². The zero-order valence-corrected chi connectivity index (χ0v) is 20.6. The molecule has 0 aromatic heterocycles. The molecule has 2 fully saturated rings. The minimum absolute atomic E-state index is 0.190. The fraction of sp³-hybridized carbons (Fsp3) is 0.433. The van der Waals surface area contributed by atoms with Gasteiger partial charge in [0.25, 0.3) is 5.91 Å². The van der Waals surface area contributed by atoms with E-state index < -0.39 is 0 Å². The summed E-state index contributed by atoms with van der Waals surface area (Å²) in [5.74, 6) is 0.687. The molecule has 35 heavy (non-hydrogen) atoms. The molecule has 184 valence electrons. The number of ether oxygens (including phenoxy) is 1. The van der Waals surface area contributed by atoms with Crippen LogP contribution in [0.5, 0.6) is 0 Å². The van der Waals surface area contributed by atoms with E-state index in [0.717, 1.165) is 26.0 Å². The van der Waals surface area contributed by atoms with Gasteiger partial charge in [0.2, 0.25) is 0 Å². The van der Waals surface area contributed by atoms with Crippen LogP contribution in [0.25, 0.3) is 10.8 Å². The third-order valence-corrected chi connectivity index (χ3v) is 7.66. The van der Waals surface area contributed by atoms with E-state index in [-0.39, 0.29) is 5.91 Å². The van der Waals surface area contributed by atoms with Gasteiger partial charge in [-0.3, -0.25) is 9.63 Å². The van der Waals surface area contributed by atoms with Crippen LogP contribution < -0.4 is 10.4 Å². The van der Waals surface area contributed by atoms with Gasteiger partial charge in [0, 0.05) is 41.7 Å². The number of fused-ring (bicyclic) bond motifs is 1. The molecule has 1 saturated carbocycles. The number of carbonyl (C=O) groups is 1. The molecule has 3 atom stereocenters. The number of hydrogen-bond donors (Lipinski definition) is 1. The molecule has 1 heterocycles. The first-order valence-corrected chi connectivity index (χ1v) is 13.1. The van der Waals surface area contributed by atoms with Gasteiger partial charge in [0.15, 0.2) is 0 Å². The molecule has 1 N–H and O–H groups in total. The van der Waals surface area contributed by atoms with Crippen LogP contribution >= 0.6 is 0 Å². The van der Waals surface area contributed by atoms with Gasteiger partial charge in [0.05, 0.1) is 13.2 Å². The highest BCUT2D eigenvalue weighted by molar-refractivity contribution is 5.94. The Bertz CT molecular complexity index is 1120. The number of carbonyl (C=O) groups excluding carboxylic acids is 1. The van der Waals surface area contributed by atoms with Crippen molar-refractivity contribution >= 4 is 22.4 Å². The van der Waals surface area contributed by atoms with E-state index >= 15 is 0 Å². The number of anilines is 1. The first-order chi connectivity index (χ1) is 17.2. The molecule has 3 unspecified atom stereocenters. The summed E-state index contributed by atoms with van der Waals surface area (Å²) < 4.78 is 5.35. The number of rotatable bonds is 8. The lowest BCUT2D eigenvalue weighted by Gasteiger charge is -2.39. The average Bonchev–Trinajstić information content (AvgIpc) is 3.43. The fourth-order valence-corrected chi connectivity index (χ4v) is 5.74. The molecule has 5 nitrogen and oxygen atoms in total. The van der Waals surface area contributed by atoms with Crippen LogP contribution in [-0.2, 0) is 9.57 Å². The minimum Gasteiger partial charge on any atom is -0.381 e. The van der Waals surface area contributed by atoms with Gasteiger partial charge in [-0.25, -0.2) is 5.48 Å². The summed E-state index contributed by atoms with van der Waals surface area (Å²) in [7, 11) is 0. The standard InChI is InChI=1S/C30H36N2O3/c1-2-32(29-12-6-8-24-7-3-4-11-28(24)29)27-10-5-9-26(19-27)23-13-15-25(16-14-23)30(33)31-35-21-22-17-18-34-20-22/h3-4,6-8,11-16,22,26-27H,2,5,9-10,17-21H2,1H3,(H,31,33). The first kappa shape index (κ1) is 23.8. The Labute approximate surface area is 208 Å². The molecular weight excluding hydrogens is 436 g/mol. The van der Waals surface area contributed by atoms with Gasteiger partial charge < -0.3 is 9.64 Å². The minimum atomic E-state index is -0.190. The maximum atomic E-state index is 12.5. The summed E-state index contributed by atoms with van der Waals surface area (Å²) in [5, 5.41) is 2.63. The van der Waals surface area contributed by atoms with E-state index in [9.17, 15) is 4.79 Å². The smallest absolute Gasteiger partial charge is 0.274 e. The van der Waals surface area contributed by atoms with Crippen molar-refractivity contribution in [1.82, 2.24) is 5.48 Å². The number of amides is 1. The van der Waals surface area contributed by atoms with Crippen molar-refractivity contribution in [3.8, 4) is 0 Å². The quantitative estimate of drug-likeness (QED) is 0.403. The van der Waals surface area contributed by atoms with E-state index in [1.54, 1.807) is 0 Å². The molecule has 3 aromatic carbocycles. The second-order valence-electron chi connectivity index (χ2n) is 9.90. The highest BCUT2D eigenvalue weighted by atomic mass is 16.7. The van der Waals surface area contributed by atoms with Crippen LogP contribution in [0.1, 0.15) is 60.9 Å². The Morgan fingerprint density at radius 3 is 2.66 bits per heavy atom. The predicted molar refractivity (Wildman–Crippen MR) is 141 cm³/mol. The number of hydroxylamine groups is 1. The molecule has 5 heteroatoms. The van der Waals surface area contributed by atoms with Crippen LogP contribution in [-0.4, -0.2) is 38.3 Å². The molecule has 2 aliphatic rings. The number of nitrogens with zero attached hydrogens (tertiary/aromatic N) is 1. The Balaban J connectivity index is 1.23. The van der Waals surface area contributed by atoms with Crippen molar-refractivity contribution in [2.75, 3.05) is 31.3 Å². The van der Waals surface area contributed by atoms with Crippen molar-refractivity contribution in [3.05, 3.63) is 77.9 Å². The number of benzene rings is 3. The van der Waals surface area contributed by atoms with Crippen LogP contribution in [0.2, 0.25) is 0 Å².